The van der Waals surface area contributed by atoms with Crippen molar-refractivity contribution < 1.29 is 29.1 Å². The van der Waals surface area contributed by atoms with E-state index in [0.717, 1.165) is 16.7 Å². The van der Waals surface area contributed by atoms with Gasteiger partial charge in [-0.05, 0) is 35.2 Å². The summed E-state index contributed by atoms with van der Waals surface area (Å²) in [6, 6.07) is 19.2. The van der Waals surface area contributed by atoms with Gasteiger partial charge in [0.05, 0.1) is 6.04 Å². The molecule has 0 radical (unpaired) electrons. The topological polar surface area (TPSA) is 206 Å². The summed E-state index contributed by atoms with van der Waals surface area (Å²) < 4.78 is 0. The maximum Gasteiger partial charge on any atom is 0.244 e. The van der Waals surface area contributed by atoms with E-state index < -0.39 is 59.7 Å². The molecule has 0 aromatic heterocycles. The van der Waals surface area contributed by atoms with Crippen molar-refractivity contribution >= 4 is 53.1 Å². The van der Waals surface area contributed by atoms with Crippen LogP contribution in [0, 0.1) is 0 Å². The quantitative estimate of drug-likeness (QED) is 0.168. The first kappa shape index (κ1) is 36.3. The van der Waals surface area contributed by atoms with Crippen LogP contribution >= 0.6 is 23.5 Å². The van der Waals surface area contributed by atoms with Crippen LogP contribution < -0.4 is 32.7 Å². The maximum absolute atomic E-state index is 13.9. The Labute approximate surface area is 287 Å². The molecule has 0 aliphatic carbocycles. The van der Waals surface area contributed by atoms with Crippen LogP contribution in [-0.2, 0) is 43.2 Å². The Kier molecular flexibility index (Phi) is 13.7. The van der Waals surface area contributed by atoms with Crippen LogP contribution in [0.15, 0.2) is 84.9 Å². The Morgan fingerprint density at radius 2 is 1.27 bits per heavy atom. The highest BCUT2D eigenvalue weighted by Crippen LogP contribution is 2.17. The number of primary amides is 1. The molecule has 0 saturated carbocycles. The molecule has 4 rings (SSSR count). The van der Waals surface area contributed by atoms with E-state index in [1.165, 1.54) is 35.7 Å². The zero-order valence-electron chi connectivity index (χ0n) is 26.2. The third-order valence-corrected chi connectivity index (χ3v) is 10.1. The molecule has 1 aliphatic heterocycles. The molecule has 5 atom stereocenters. The van der Waals surface area contributed by atoms with Crippen LogP contribution in [0.2, 0.25) is 0 Å². The Morgan fingerprint density at radius 3 is 1.83 bits per heavy atom. The van der Waals surface area contributed by atoms with Crippen LogP contribution in [0.4, 0.5) is 0 Å². The lowest BCUT2D eigenvalue weighted by molar-refractivity contribution is -0.134. The maximum atomic E-state index is 13.9. The van der Waals surface area contributed by atoms with Crippen molar-refractivity contribution in [2.24, 2.45) is 11.5 Å². The van der Waals surface area contributed by atoms with Crippen LogP contribution in [0.25, 0.3) is 0 Å². The van der Waals surface area contributed by atoms with Crippen molar-refractivity contribution in [2.45, 2.75) is 49.5 Å². The molecule has 9 N–H and O–H groups in total. The highest BCUT2D eigenvalue weighted by atomic mass is 32.2. The van der Waals surface area contributed by atoms with Gasteiger partial charge in [-0.2, -0.15) is 0 Å². The molecule has 14 heteroatoms. The highest BCUT2D eigenvalue weighted by Gasteiger charge is 2.32. The van der Waals surface area contributed by atoms with Crippen molar-refractivity contribution in [3.8, 4) is 5.75 Å². The van der Waals surface area contributed by atoms with Gasteiger partial charge in [0, 0.05) is 29.4 Å². The van der Waals surface area contributed by atoms with E-state index in [0.29, 0.717) is 5.08 Å². The van der Waals surface area contributed by atoms with Gasteiger partial charge in [0.2, 0.25) is 29.5 Å². The second-order valence-electron chi connectivity index (χ2n) is 11.4. The fraction of sp³-hybridized carbons (Fsp3) is 0.324. The first-order valence-electron chi connectivity index (χ1n) is 15.4. The molecule has 3 aromatic carbocycles. The summed E-state index contributed by atoms with van der Waals surface area (Å²) in [4.78, 5) is 66.7. The van der Waals surface area contributed by atoms with E-state index in [1.807, 2.05) is 60.7 Å². The lowest BCUT2D eigenvalue weighted by Gasteiger charge is -2.26. The SMILES string of the molecule is NC(=O)[C@@H]1CSCSC[C@@H](NC(=O)[C@@H](N)Cc2ccc(O)cc2)C(=O)N[C@@H](Cc2ccccc2)C(=O)N[C@@H](Cc2ccccc2)C(=O)N1. The molecule has 254 valence electrons. The molecule has 1 fully saturated rings. The Balaban J connectivity index is 1.60. The highest BCUT2D eigenvalue weighted by molar-refractivity contribution is 8.16. The van der Waals surface area contributed by atoms with Gasteiger partial charge >= 0.3 is 0 Å². The van der Waals surface area contributed by atoms with Gasteiger partial charge in [0.1, 0.15) is 29.9 Å². The number of benzene rings is 3. The van der Waals surface area contributed by atoms with E-state index in [1.54, 1.807) is 12.1 Å². The molecule has 0 bridgehead atoms. The lowest BCUT2D eigenvalue weighted by atomic mass is 10.0. The summed E-state index contributed by atoms with van der Waals surface area (Å²) in [5.41, 5.74) is 14.1. The predicted molar refractivity (Wildman–Crippen MR) is 187 cm³/mol. The Bertz CT molecular complexity index is 1550. The van der Waals surface area contributed by atoms with Crippen LogP contribution in [0.3, 0.4) is 0 Å². The lowest BCUT2D eigenvalue weighted by Crippen LogP contribution is -2.60. The second kappa shape index (κ2) is 18.1. The number of hydrogen-bond donors (Lipinski definition) is 7. The first-order valence-corrected chi connectivity index (χ1v) is 17.7. The Hall–Kier alpha value is -4.53. The molecule has 1 saturated heterocycles. The van der Waals surface area contributed by atoms with Crippen molar-refractivity contribution in [3.05, 3.63) is 102 Å². The zero-order valence-corrected chi connectivity index (χ0v) is 27.8. The number of rotatable bonds is 9. The van der Waals surface area contributed by atoms with Gasteiger partial charge < -0.3 is 37.8 Å². The molecule has 3 aromatic rings. The number of aromatic hydroxyl groups is 1. The number of amides is 5. The van der Waals surface area contributed by atoms with Crippen molar-refractivity contribution in [1.82, 2.24) is 21.3 Å². The average Bonchev–Trinajstić information content (AvgIpc) is 3.07. The summed E-state index contributed by atoms with van der Waals surface area (Å²) in [6.07, 6.45) is 0.392. The normalized spacial score (nSPS) is 21.7. The third-order valence-electron chi connectivity index (χ3n) is 7.59. The average molecular weight is 693 g/mol. The zero-order chi connectivity index (χ0) is 34.5. The van der Waals surface area contributed by atoms with Crippen molar-refractivity contribution in [2.75, 3.05) is 16.6 Å². The van der Waals surface area contributed by atoms with E-state index in [9.17, 15) is 29.1 Å². The minimum atomic E-state index is -1.12. The third kappa shape index (κ3) is 11.3. The summed E-state index contributed by atoms with van der Waals surface area (Å²) in [6.45, 7) is 0. The second-order valence-corrected chi connectivity index (χ2v) is 13.8. The predicted octanol–water partition coefficient (Wildman–Crippen LogP) is 0.609. The van der Waals surface area contributed by atoms with Crippen molar-refractivity contribution in [1.29, 1.82) is 0 Å². The van der Waals surface area contributed by atoms with E-state index in [2.05, 4.69) is 21.3 Å². The molecule has 48 heavy (non-hydrogen) atoms. The molecule has 0 spiro atoms. The van der Waals surface area contributed by atoms with Crippen LogP contribution in [0.5, 0.6) is 5.75 Å². The molecule has 0 unspecified atom stereocenters. The number of phenols is 1. The van der Waals surface area contributed by atoms with Gasteiger partial charge in [-0.3, -0.25) is 24.0 Å². The van der Waals surface area contributed by atoms with Crippen molar-refractivity contribution in [3.63, 3.8) is 0 Å². The molecular formula is C34H40N6O6S2. The monoisotopic (exact) mass is 692 g/mol. The van der Waals surface area contributed by atoms with E-state index in [4.69, 9.17) is 11.5 Å². The molecule has 5 amide bonds. The number of nitrogens with one attached hydrogen (secondary N) is 4. The minimum Gasteiger partial charge on any atom is -0.508 e. The van der Waals surface area contributed by atoms with E-state index >= 15 is 0 Å². The number of carbonyl (C=O) groups is 5. The molecule has 1 heterocycles. The number of carbonyl (C=O) groups excluding carboxylic acids is 5. The molecular weight excluding hydrogens is 653 g/mol. The summed E-state index contributed by atoms with van der Waals surface area (Å²) in [5, 5.41) is 21.0. The molecule has 1 aliphatic rings. The summed E-state index contributed by atoms with van der Waals surface area (Å²) >= 11 is 2.67. The van der Waals surface area contributed by atoms with E-state index in [-0.39, 0.29) is 36.5 Å². The van der Waals surface area contributed by atoms with Gasteiger partial charge in [0.15, 0.2) is 0 Å². The number of nitrogens with two attached hydrogens (primary N) is 2. The minimum absolute atomic E-state index is 0.0848. The first-order chi connectivity index (χ1) is 23.1. The number of phenolic OH excluding ortho intramolecular Hbond substituents is 1. The Morgan fingerprint density at radius 1 is 0.750 bits per heavy atom. The van der Waals surface area contributed by atoms with Gasteiger partial charge in [0.25, 0.3) is 0 Å². The largest absolute Gasteiger partial charge is 0.508 e. The van der Waals surface area contributed by atoms with Gasteiger partial charge in [-0.15, -0.1) is 23.5 Å². The summed E-state index contributed by atoms with van der Waals surface area (Å²) in [5.74, 6) is -2.70. The number of hydrogen-bond acceptors (Lipinski definition) is 9. The molecule has 12 nitrogen and oxygen atoms in total. The van der Waals surface area contributed by atoms with Gasteiger partial charge in [-0.25, -0.2) is 0 Å². The summed E-state index contributed by atoms with van der Waals surface area (Å²) in [7, 11) is 0. The van der Waals surface area contributed by atoms with Crippen LogP contribution in [0.1, 0.15) is 16.7 Å². The van der Waals surface area contributed by atoms with Gasteiger partial charge in [-0.1, -0.05) is 72.8 Å². The fourth-order valence-corrected chi connectivity index (χ4v) is 7.16. The standard InChI is InChI=1S/C34H40N6O6S2/c35-25(15-23-11-13-24(41)14-12-23)31(43)40-29-19-48-20-47-18-28(30(36)42)39-33(45)27(17-22-9-5-2-6-10-22)37-32(44)26(38-34(29)46)16-21-7-3-1-4-8-21/h1-14,25-29,41H,15-20,35H2,(H2,36,42)(H,37,44)(H,38,46)(H,39,45)(H,40,43)/t25-,26-,27-,28-,29+/m0/s1. The number of thioether (sulfide) groups is 2. The fourth-order valence-electron chi connectivity index (χ4n) is 4.96. The van der Waals surface area contributed by atoms with Crippen LogP contribution in [-0.4, -0.2) is 81.4 Å². The smallest absolute Gasteiger partial charge is 0.244 e.